The third-order valence-corrected chi connectivity index (χ3v) is 3.74. The van der Waals surface area contributed by atoms with Crippen LogP contribution in [-0.4, -0.2) is 30.8 Å². The normalized spacial score (nSPS) is 18.2. The first-order chi connectivity index (χ1) is 9.29. The topological polar surface area (TPSA) is 46.3 Å². The molecule has 0 saturated carbocycles. The number of anilines is 1. The highest BCUT2D eigenvalue weighted by Gasteiger charge is 2.33. The van der Waals surface area contributed by atoms with E-state index in [1.807, 2.05) is 7.05 Å². The number of ketones is 1. The average Bonchev–Trinajstić information content (AvgIpc) is 2.38. The first-order valence-corrected chi connectivity index (χ1v) is 6.48. The standard InChI is InChI=1S/C14H17F3N2O/c1-19-6-4-9(5-7-19)13(20)11-8-10(14(15,16)17)2-3-12(11)18/h2-3,8-9H,4-7,18H2,1H3. The van der Waals surface area contributed by atoms with Crippen LogP contribution >= 0.6 is 0 Å². The minimum Gasteiger partial charge on any atom is -0.398 e. The molecule has 6 heteroatoms. The molecule has 3 nitrogen and oxygen atoms in total. The highest BCUT2D eigenvalue weighted by molar-refractivity contribution is 6.02. The van der Waals surface area contributed by atoms with Gasteiger partial charge < -0.3 is 10.6 Å². The largest absolute Gasteiger partial charge is 0.416 e. The van der Waals surface area contributed by atoms with Gasteiger partial charge in [-0.1, -0.05) is 0 Å². The molecule has 1 aromatic carbocycles. The number of halogens is 3. The minimum absolute atomic E-state index is 0.00521. The van der Waals surface area contributed by atoms with Crippen molar-refractivity contribution >= 4 is 11.5 Å². The van der Waals surface area contributed by atoms with Gasteiger partial charge in [0.05, 0.1) is 5.56 Å². The van der Waals surface area contributed by atoms with E-state index >= 15 is 0 Å². The van der Waals surface area contributed by atoms with Crippen LogP contribution in [0.2, 0.25) is 0 Å². The number of rotatable bonds is 2. The number of likely N-dealkylation sites (tertiary alicyclic amines) is 1. The van der Waals surface area contributed by atoms with Gasteiger partial charge in [-0.05, 0) is 51.2 Å². The van der Waals surface area contributed by atoms with Crippen molar-refractivity contribution in [2.45, 2.75) is 19.0 Å². The molecule has 0 aromatic heterocycles. The zero-order chi connectivity index (χ0) is 14.9. The zero-order valence-corrected chi connectivity index (χ0v) is 11.2. The Balaban J connectivity index is 2.25. The third kappa shape index (κ3) is 3.12. The van der Waals surface area contributed by atoms with Crippen molar-refractivity contribution < 1.29 is 18.0 Å². The van der Waals surface area contributed by atoms with Crippen LogP contribution in [0, 0.1) is 5.92 Å². The molecule has 2 rings (SSSR count). The smallest absolute Gasteiger partial charge is 0.398 e. The van der Waals surface area contributed by atoms with Gasteiger partial charge in [0.1, 0.15) is 0 Å². The summed E-state index contributed by atoms with van der Waals surface area (Å²) >= 11 is 0. The van der Waals surface area contributed by atoms with E-state index in [4.69, 9.17) is 5.73 Å². The number of hydrogen-bond acceptors (Lipinski definition) is 3. The second kappa shape index (κ2) is 5.44. The van der Waals surface area contributed by atoms with E-state index < -0.39 is 11.7 Å². The molecule has 0 unspecified atom stereocenters. The summed E-state index contributed by atoms with van der Waals surface area (Å²) in [5.41, 5.74) is 4.95. The molecule has 1 saturated heterocycles. The summed E-state index contributed by atoms with van der Waals surface area (Å²) < 4.78 is 38.1. The molecule has 0 radical (unpaired) electrons. The SMILES string of the molecule is CN1CCC(C(=O)c2cc(C(F)(F)F)ccc2N)CC1. The van der Waals surface area contributed by atoms with E-state index in [9.17, 15) is 18.0 Å². The number of alkyl halides is 3. The van der Waals surface area contributed by atoms with Crippen LogP contribution in [0.3, 0.4) is 0 Å². The summed E-state index contributed by atoms with van der Waals surface area (Å²) in [5.74, 6) is -0.515. The maximum Gasteiger partial charge on any atom is 0.416 e. The third-order valence-electron chi connectivity index (χ3n) is 3.74. The Morgan fingerprint density at radius 2 is 1.90 bits per heavy atom. The number of nitrogens with zero attached hydrogens (tertiary/aromatic N) is 1. The molecule has 1 fully saturated rings. The van der Waals surface area contributed by atoms with E-state index in [-0.39, 0.29) is 23.0 Å². The van der Waals surface area contributed by atoms with Crippen LogP contribution < -0.4 is 5.73 Å². The Morgan fingerprint density at radius 3 is 2.45 bits per heavy atom. The summed E-state index contributed by atoms with van der Waals surface area (Å²) in [4.78, 5) is 14.4. The number of carbonyl (C=O) groups is 1. The molecule has 1 aliphatic heterocycles. The maximum absolute atomic E-state index is 12.7. The molecule has 0 bridgehead atoms. The van der Waals surface area contributed by atoms with Gasteiger partial charge in [-0.2, -0.15) is 13.2 Å². The minimum atomic E-state index is -4.46. The molecule has 0 spiro atoms. The number of carbonyl (C=O) groups excluding carboxylic acids is 1. The van der Waals surface area contributed by atoms with Crippen LogP contribution in [0.25, 0.3) is 0 Å². The molecular formula is C14H17F3N2O. The summed E-state index contributed by atoms with van der Waals surface area (Å²) in [5, 5.41) is 0. The fourth-order valence-corrected chi connectivity index (χ4v) is 2.44. The number of nitrogens with two attached hydrogens (primary N) is 1. The molecule has 1 aliphatic rings. The predicted octanol–water partition coefficient (Wildman–Crippen LogP) is 2.81. The lowest BCUT2D eigenvalue weighted by Gasteiger charge is -2.28. The Kier molecular flexibility index (Phi) is 4.04. The highest BCUT2D eigenvalue weighted by Crippen LogP contribution is 2.32. The van der Waals surface area contributed by atoms with Gasteiger partial charge in [-0.3, -0.25) is 4.79 Å². The van der Waals surface area contributed by atoms with Gasteiger partial charge in [0, 0.05) is 17.2 Å². The molecule has 0 amide bonds. The van der Waals surface area contributed by atoms with Crippen molar-refractivity contribution in [2.24, 2.45) is 5.92 Å². The monoisotopic (exact) mass is 286 g/mol. The summed E-state index contributed by atoms with van der Waals surface area (Å²) in [7, 11) is 1.96. The van der Waals surface area contributed by atoms with Gasteiger partial charge in [0.15, 0.2) is 5.78 Å². The number of piperidine rings is 1. The van der Waals surface area contributed by atoms with E-state index in [2.05, 4.69) is 4.90 Å². The molecule has 1 heterocycles. The summed E-state index contributed by atoms with van der Waals surface area (Å²) in [6, 6.07) is 2.93. The van der Waals surface area contributed by atoms with Crippen LogP contribution in [0.1, 0.15) is 28.8 Å². The molecule has 0 atom stereocenters. The molecular weight excluding hydrogens is 269 g/mol. The summed E-state index contributed by atoms with van der Waals surface area (Å²) in [6.45, 7) is 1.55. The van der Waals surface area contributed by atoms with Gasteiger partial charge in [0.25, 0.3) is 0 Å². The fraction of sp³-hybridized carbons (Fsp3) is 0.500. The van der Waals surface area contributed by atoms with Crippen molar-refractivity contribution in [3.63, 3.8) is 0 Å². The van der Waals surface area contributed by atoms with Crippen molar-refractivity contribution in [2.75, 3.05) is 25.9 Å². The second-order valence-electron chi connectivity index (χ2n) is 5.24. The van der Waals surface area contributed by atoms with Crippen LogP contribution in [-0.2, 0) is 6.18 Å². The van der Waals surface area contributed by atoms with Crippen molar-refractivity contribution in [3.8, 4) is 0 Å². The van der Waals surface area contributed by atoms with Crippen molar-refractivity contribution in [3.05, 3.63) is 29.3 Å². The lowest BCUT2D eigenvalue weighted by Crippen LogP contribution is -2.33. The Labute approximate surface area is 115 Å². The lowest BCUT2D eigenvalue weighted by atomic mass is 9.88. The fourth-order valence-electron chi connectivity index (χ4n) is 2.44. The quantitative estimate of drug-likeness (QED) is 0.671. The Bertz CT molecular complexity index is 506. The number of nitrogen functional groups attached to an aromatic ring is 1. The van der Waals surface area contributed by atoms with Crippen molar-refractivity contribution in [1.29, 1.82) is 0 Å². The molecule has 0 aliphatic carbocycles. The van der Waals surface area contributed by atoms with Crippen LogP contribution in [0.15, 0.2) is 18.2 Å². The highest BCUT2D eigenvalue weighted by atomic mass is 19.4. The number of benzene rings is 1. The number of Topliss-reactive ketones (excluding diaryl/α,β-unsaturated/α-hetero) is 1. The van der Waals surface area contributed by atoms with E-state index in [1.54, 1.807) is 0 Å². The van der Waals surface area contributed by atoms with E-state index in [0.29, 0.717) is 12.8 Å². The molecule has 20 heavy (non-hydrogen) atoms. The van der Waals surface area contributed by atoms with E-state index in [0.717, 1.165) is 31.3 Å². The molecule has 1 aromatic rings. The van der Waals surface area contributed by atoms with Gasteiger partial charge in [-0.15, -0.1) is 0 Å². The Morgan fingerprint density at radius 1 is 1.30 bits per heavy atom. The van der Waals surface area contributed by atoms with Gasteiger partial charge in [0.2, 0.25) is 0 Å². The predicted molar refractivity (Wildman–Crippen MR) is 70.4 cm³/mol. The average molecular weight is 286 g/mol. The summed E-state index contributed by atoms with van der Waals surface area (Å²) in [6.07, 6.45) is -3.15. The van der Waals surface area contributed by atoms with Gasteiger partial charge in [-0.25, -0.2) is 0 Å². The molecule has 2 N–H and O–H groups in total. The first kappa shape index (κ1) is 14.8. The first-order valence-electron chi connectivity index (χ1n) is 6.48. The Hall–Kier alpha value is -1.56. The lowest BCUT2D eigenvalue weighted by molar-refractivity contribution is -0.137. The van der Waals surface area contributed by atoms with Crippen LogP contribution in [0.5, 0.6) is 0 Å². The maximum atomic E-state index is 12.7. The zero-order valence-electron chi connectivity index (χ0n) is 11.2. The van der Waals surface area contributed by atoms with Crippen molar-refractivity contribution in [1.82, 2.24) is 4.90 Å². The van der Waals surface area contributed by atoms with Gasteiger partial charge >= 0.3 is 6.18 Å². The van der Waals surface area contributed by atoms with E-state index in [1.165, 1.54) is 0 Å². The number of hydrogen-bond donors (Lipinski definition) is 1. The second-order valence-corrected chi connectivity index (χ2v) is 5.24. The molecule has 110 valence electrons. The van der Waals surface area contributed by atoms with Crippen LogP contribution in [0.4, 0.5) is 18.9 Å².